The highest BCUT2D eigenvalue weighted by Crippen LogP contribution is 2.28. The Labute approximate surface area is 190 Å². The summed E-state index contributed by atoms with van der Waals surface area (Å²) in [4.78, 5) is 29.2. The number of amides is 2. The van der Waals surface area contributed by atoms with E-state index in [1.807, 2.05) is 42.5 Å². The molecule has 0 spiro atoms. The van der Waals surface area contributed by atoms with Gasteiger partial charge in [0, 0.05) is 36.8 Å². The average molecular weight is 452 g/mol. The predicted octanol–water partition coefficient (Wildman–Crippen LogP) is 2.80. The smallest absolute Gasteiger partial charge is 0.276 e. The monoisotopic (exact) mass is 451 g/mol. The average Bonchev–Trinajstić information content (AvgIpc) is 3.27. The van der Waals surface area contributed by atoms with Crippen molar-refractivity contribution in [2.45, 2.75) is 19.3 Å². The SMILES string of the molecule is O=C(c1ccccc1)N1CCN(C(=O)c2nnn3c2CO[C@H](c2ccc(Cl)cc2)C3)CC1. The van der Waals surface area contributed by atoms with E-state index in [9.17, 15) is 9.59 Å². The topological polar surface area (TPSA) is 80.6 Å². The summed E-state index contributed by atoms with van der Waals surface area (Å²) in [5, 5.41) is 9.03. The fourth-order valence-electron chi connectivity index (χ4n) is 4.08. The molecule has 1 aromatic heterocycles. The second-order valence-corrected chi connectivity index (χ2v) is 8.30. The van der Waals surface area contributed by atoms with E-state index in [1.54, 1.807) is 26.6 Å². The number of carbonyl (C=O) groups is 2. The summed E-state index contributed by atoms with van der Waals surface area (Å²) in [5.74, 6) is -0.188. The van der Waals surface area contributed by atoms with Crippen LogP contribution in [-0.2, 0) is 17.9 Å². The zero-order valence-electron chi connectivity index (χ0n) is 17.4. The van der Waals surface area contributed by atoms with Crippen LogP contribution in [-0.4, -0.2) is 62.8 Å². The van der Waals surface area contributed by atoms with Crippen molar-refractivity contribution in [2.24, 2.45) is 0 Å². The van der Waals surface area contributed by atoms with E-state index in [0.717, 1.165) is 5.56 Å². The van der Waals surface area contributed by atoms with Gasteiger partial charge in [0.25, 0.3) is 11.8 Å². The van der Waals surface area contributed by atoms with E-state index >= 15 is 0 Å². The Bertz CT molecular complexity index is 1120. The Morgan fingerprint density at radius 3 is 2.25 bits per heavy atom. The van der Waals surface area contributed by atoms with Crippen LogP contribution in [0.25, 0.3) is 0 Å². The second kappa shape index (κ2) is 8.72. The van der Waals surface area contributed by atoms with Gasteiger partial charge in [0.2, 0.25) is 0 Å². The number of hydrogen-bond donors (Lipinski definition) is 0. The molecule has 32 heavy (non-hydrogen) atoms. The number of nitrogens with zero attached hydrogens (tertiary/aromatic N) is 5. The highest BCUT2D eigenvalue weighted by Gasteiger charge is 2.32. The molecule has 2 amide bonds. The normalized spacial score (nSPS) is 18.3. The summed E-state index contributed by atoms with van der Waals surface area (Å²) < 4.78 is 7.74. The molecule has 8 nitrogen and oxygen atoms in total. The van der Waals surface area contributed by atoms with Crippen molar-refractivity contribution < 1.29 is 14.3 Å². The number of carbonyl (C=O) groups excluding carboxylic acids is 2. The molecule has 0 aliphatic carbocycles. The van der Waals surface area contributed by atoms with Crippen LogP contribution in [0, 0.1) is 0 Å². The Morgan fingerprint density at radius 1 is 0.906 bits per heavy atom. The Kier molecular flexibility index (Phi) is 5.63. The fourth-order valence-corrected chi connectivity index (χ4v) is 4.21. The van der Waals surface area contributed by atoms with Gasteiger partial charge >= 0.3 is 0 Å². The third-order valence-electron chi connectivity index (χ3n) is 5.92. The van der Waals surface area contributed by atoms with Gasteiger partial charge in [-0.3, -0.25) is 9.59 Å². The highest BCUT2D eigenvalue weighted by molar-refractivity contribution is 6.30. The lowest BCUT2D eigenvalue weighted by atomic mass is 10.1. The molecular weight excluding hydrogens is 430 g/mol. The number of ether oxygens (including phenoxy) is 1. The number of hydrogen-bond acceptors (Lipinski definition) is 5. The number of halogens is 1. The van der Waals surface area contributed by atoms with Gasteiger partial charge in [0.1, 0.15) is 6.10 Å². The first kappa shape index (κ1) is 20.7. The van der Waals surface area contributed by atoms with Crippen molar-refractivity contribution in [3.8, 4) is 0 Å². The van der Waals surface area contributed by atoms with Crippen molar-refractivity contribution in [3.05, 3.63) is 82.1 Å². The first-order chi connectivity index (χ1) is 15.6. The van der Waals surface area contributed by atoms with Crippen LogP contribution < -0.4 is 0 Å². The summed E-state index contributed by atoms with van der Waals surface area (Å²) in [6.45, 7) is 2.62. The quantitative estimate of drug-likeness (QED) is 0.611. The lowest BCUT2D eigenvalue weighted by Gasteiger charge is -2.34. The number of aromatic nitrogens is 3. The molecule has 0 unspecified atom stereocenters. The predicted molar refractivity (Wildman–Crippen MR) is 117 cm³/mol. The van der Waals surface area contributed by atoms with Crippen molar-refractivity contribution in [2.75, 3.05) is 26.2 Å². The van der Waals surface area contributed by atoms with E-state index < -0.39 is 0 Å². The van der Waals surface area contributed by atoms with Crippen LogP contribution in [0.5, 0.6) is 0 Å². The molecule has 0 saturated carbocycles. The molecule has 164 valence electrons. The van der Waals surface area contributed by atoms with E-state index in [1.165, 1.54) is 0 Å². The number of rotatable bonds is 3. The fraction of sp³-hybridized carbons (Fsp3) is 0.304. The van der Waals surface area contributed by atoms with Gasteiger partial charge < -0.3 is 14.5 Å². The molecule has 2 aromatic carbocycles. The van der Waals surface area contributed by atoms with Gasteiger partial charge in [-0.1, -0.05) is 47.1 Å². The lowest BCUT2D eigenvalue weighted by molar-refractivity contribution is -0.00202. The summed E-state index contributed by atoms with van der Waals surface area (Å²) in [5.41, 5.74) is 2.67. The minimum atomic E-state index is -0.174. The number of benzene rings is 2. The molecule has 5 rings (SSSR count). The van der Waals surface area contributed by atoms with E-state index in [4.69, 9.17) is 16.3 Å². The number of piperazine rings is 1. The Balaban J connectivity index is 1.23. The highest BCUT2D eigenvalue weighted by atomic mass is 35.5. The minimum Gasteiger partial charge on any atom is -0.365 e. The largest absolute Gasteiger partial charge is 0.365 e. The maximum Gasteiger partial charge on any atom is 0.276 e. The van der Waals surface area contributed by atoms with Crippen molar-refractivity contribution in [1.29, 1.82) is 0 Å². The van der Waals surface area contributed by atoms with Gasteiger partial charge in [0.15, 0.2) is 5.69 Å². The van der Waals surface area contributed by atoms with Gasteiger partial charge in [0.05, 0.1) is 18.8 Å². The molecule has 3 aromatic rings. The minimum absolute atomic E-state index is 0.0135. The zero-order chi connectivity index (χ0) is 22.1. The van der Waals surface area contributed by atoms with E-state index in [-0.39, 0.29) is 24.5 Å². The Morgan fingerprint density at radius 2 is 1.56 bits per heavy atom. The van der Waals surface area contributed by atoms with Crippen molar-refractivity contribution >= 4 is 23.4 Å². The van der Waals surface area contributed by atoms with E-state index in [2.05, 4.69) is 10.3 Å². The van der Waals surface area contributed by atoms with Gasteiger partial charge in [-0.15, -0.1) is 5.10 Å². The van der Waals surface area contributed by atoms with Crippen LogP contribution in [0.4, 0.5) is 0 Å². The van der Waals surface area contributed by atoms with Crippen LogP contribution >= 0.6 is 11.6 Å². The van der Waals surface area contributed by atoms with Crippen molar-refractivity contribution in [1.82, 2.24) is 24.8 Å². The molecule has 1 saturated heterocycles. The summed E-state index contributed by atoms with van der Waals surface area (Å²) in [6, 6.07) is 16.7. The molecule has 2 aliphatic rings. The lowest BCUT2D eigenvalue weighted by Crippen LogP contribution is -2.50. The van der Waals surface area contributed by atoms with Gasteiger partial charge in [-0.05, 0) is 29.8 Å². The maximum absolute atomic E-state index is 13.1. The molecule has 0 N–H and O–H groups in total. The van der Waals surface area contributed by atoms with Gasteiger partial charge in [-0.25, -0.2) is 4.68 Å². The van der Waals surface area contributed by atoms with E-state index in [0.29, 0.717) is 54.7 Å². The van der Waals surface area contributed by atoms with Crippen molar-refractivity contribution in [3.63, 3.8) is 0 Å². The molecule has 0 bridgehead atoms. The van der Waals surface area contributed by atoms with Gasteiger partial charge in [-0.2, -0.15) is 0 Å². The first-order valence-corrected chi connectivity index (χ1v) is 10.9. The third kappa shape index (κ3) is 3.99. The number of fused-ring (bicyclic) bond motifs is 1. The van der Waals surface area contributed by atoms with Crippen LogP contribution in [0.2, 0.25) is 5.02 Å². The Hall–Kier alpha value is -3.23. The summed E-state index contributed by atoms with van der Waals surface area (Å²) in [6.07, 6.45) is -0.169. The standard InChI is InChI=1S/C23H22ClN5O3/c24-18-8-6-16(7-9-18)20-14-29-19(15-32-20)21(25-26-29)23(31)28-12-10-27(11-13-28)22(30)17-4-2-1-3-5-17/h1-9,20H,10-15H2/t20-/m0/s1. The van der Waals surface area contributed by atoms with Crippen LogP contribution in [0.3, 0.4) is 0 Å². The van der Waals surface area contributed by atoms with Crippen LogP contribution in [0.15, 0.2) is 54.6 Å². The molecule has 3 heterocycles. The van der Waals surface area contributed by atoms with Crippen LogP contribution in [0.1, 0.15) is 38.2 Å². The maximum atomic E-state index is 13.1. The zero-order valence-corrected chi connectivity index (χ0v) is 18.1. The molecular formula is C23H22ClN5O3. The summed E-state index contributed by atoms with van der Waals surface area (Å²) in [7, 11) is 0. The third-order valence-corrected chi connectivity index (χ3v) is 6.17. The molecule has 0 radical (unpaired) electrons. The molecule has 1 fully saturated rings. The summed E-state index contributed by atoms with van der Waals surface area (Å²) >= 11 is 5.97. The molecule has 2 aliphatic heterocycles. The first-order valence-electron chi connectivity index (χ1n) is 10.5. The second-order valence-electron chi connectivity index (χ2n) is 7.87. The molecule has 9 heteroatoms. The molecule has 1 atom stereocenters.